The molecule has 0 radical (unpaired) electrons. The number of carbonyl (C=O) groups is 1. The molecule has 1 aliphatic rings. The molecule has 5 heteroatoms. The normalized spacial score (nSPS) is 15.2. The molecule has 150 valence electrons. The smallest absolute Gasteiger partial charge is 0.239 e. The number of likely N-dealkylation sites (tertiary alicyclic amines) is 1. The SMILES string of the molecule is CCN1CCC(NC(=O)CN(Cc2ccccc2)c2ccc(OC)cc2)CC1. The molecule has 0 saturated carbocycles. The third-order valence-electron chi connectivity index (χ3n) is 5.39. The van der Waals surface area contributed by atoms with Gasteiger partial charge < -0.3 is 19.9 Å². The second-order valence-electron chi connectivity index (χ2n) is 7.32. The van der Waals surface area contributed by atoms with Crippen molar-refractivity contribution in [2.24, 2.45) is 0 Å². The molecular formula is C23H31N3O2. The van der Waals surface area contributed by atoms with E-state index in [9.17, 15) is 4.79 Å². The fourth-order valence-corrected chi connectivity index (χ4v) is 3.68. The van der Waals surface area contributed by atoms with Gasteiger partial charge in [0.15, 0.2) is 0 Å². The topological polar surface area (TPSA) is 44.8 Å². The zero-order valence-corrected chi connectivity index (χ0v) is 16.9. The predicted octanol–water partition coefficient (Wildman–Crippen LogP) is 3.30. The molecule has 0 aromatic heterocycles. The number of hydrogen-bond acceptors (Lipinski definition) is 4. The quantitative estimate of drug-likeness (QED) is 0.762. The van der Waals surface area contributed by atoms with Crippen molar-refractivity contribution >= 4 is 11.6 Å². The number of rotatable bonds is 8. The maximum atomic E-state index is 12.8. The van der Waals surface area contributed by atoms with E-state index in [2.05, 4.69) is 34.2 Å². The molecule has 0 bridgehead atoms. The van der Waals surface area contributed by atoms with Crippen molar-refractivity contribution in [2.45, 2.75) is 32.4 Å². The van der Waals surface area contributed by atoms with Gasteiger partial charge in [0, 0.05) is 31.4 Å². The molecule has 1 aliphatic heterocycles. The molecule has 2 aromatic rings. The van der Waals surface area contributed by atoms with Crippen molar-refractivity contribution in [2.75, 3.05) is 38.2 Å². The van der Waals surface area contributed by atoms with E-state index in [0.29, 0.717) is 13.1 Å². The number of methoxy groups -OCH3 is 1. The first-order valence-corrected chi connectivity index (χ1v) is 10.1. The summed E-state index contributed by atoms with van der Waals surface area (Å²) >= 11 is 0. The maximum Gasteiger partial charge on any atom is 0.239 e. The van der Waals surface area contributed by atoms with E-state index in [1.165, 1.54) is 5.56 Å². The summed E-state index contributed by atoms with van der Waals surface area (Å²) in [5.41, 5.74) is 2.20. The summed E-state index contributed by atoms with van der Waals surface area (Å²) < 4.78 is 5.26. The third kappa shape index (κ3) is 5.73. The fourth-order valence-electron chi connectivity index (χ4n) is 3.68. The number of anilines is 1. The zero-order chi connectivity index (χ0) is 19.8. The van der Waals surface area contributed by atoms with Crippen LogP contribution in [0.1, 0.15) is 25.3 Å². The van der Waals surface area contributed by atoms with Crippen molar-refractivity contribution in [3.8, 4) is 5.75 Å². The van der Waals surface area contributed by atoms with Crippen molar-refractivity contribution in [3.05, 3.63) is 60.2 Å². The van der Waals surface area contributed by atoms with E-state index in [0.717, 1.165) is 43.9 Å². The molecule has 1 fully saturated rings. The zero-order valence-electron chi connectivity index (χ0n) is 16.9. The summed E-state index contributed by atoms with van der Waals surface area (Å²) in [6, 6.07) is 18.4. The number of benzene rings is 2. The van der Waals surface area contributed by atoms with Gasteiger partial charge in [-0.1, -0.05) is 37.3 Å². The van der Waals surface area contributed by atoms with E-state index >= 15 is 0 Å². The van der Waals surface area contributed by atoms with Gasteiger partial charge in [-0.15, -0.1) is 0 Å². The summed E-state index contributed by atoms with van der Waals surface area (Å²) in [6.07, 6.45) is 2.06. The molecule has 1 saturated heterocycles. The maximum absolute atomic E-state index is 12.8. The number of hydrogen-bond donors (Lipinski definition) is 1. The highest BCUT2D eigenvalue weighted by Gasteiger charge is 2.21. The van der Waals surface area contributed by atoms with Crippen LogP contribution in [0.2, 0.25) is 0 Å². The Hall–Kier alpha value is -2.53. The average molecular weight is 382 g/mol. The lowest BCUT2D eigenvalue weighted by molar-refractivity contribution is -0.120. The van der Waals surface area contributed by atoms with Crippen LogP contribution in [0.15, 0.2) is 54.6 Å². The number of ether oxygens (including phenoxy) is 1. The number of nitrogens with one attached hydrogen (secondary N) is 1. The number of amides is 1. The highest BCUT2D eigenvalue weighted by molar-refractivity contribution is 5.81. The van der Waals surface area contributed by atoms with Gasteiger partial charge in [-0.25, -0.2) is 0 Å². The molecule has 1 heterocycles. The lowest BCUT2D eigenvalue weighted by Gasteiger charge is -2.32. The monoisotopic (exact) mass is 381 g/mol. The first-order valence-electron chi connectivity index (χ1n) is 10.1. The standard InChI is InChI=1S/C23H31N3O2/c1-3-25-15-13-20(14-16-25)24-23(27)18-26(17-19-7-5-4-6-8-19)21-9-11-22(28-2)12-10-21/h4-12,20H,3,13-18H2,1-2H3,(H,24,27). The predicted molar refractivity (Wildman–Crippen MR) is 114 cm³/mol. The van der Waals surface area contributed by atoms with Crippen LogP contribution >= 0.6 is 0 Å². The number of carbonyl (C=O) groups excluding carboxylic acids is 1. The second kappa shape index (κ2) is 10.1. The molecule has 0 unspecified atom stereocenters. The van der Waals surface area contributed by atoms with Gasteiger partial charge >= 0.3 is 0 Å². The van der Waals surface area contributed by atoms with Crippen LogP contribution in [0.4, 0.5) is 5.69 Å². The Morgan fingerprint density at radius 3 is 2.39 bits per heavy atom. The Bertz CT molecular complexity index is 725. The Kier molecular flexibility index (Phi) is 7.31. The van der Waals surface area contributed by atoms with Gasteiger partial charge in [0.2, 0.25) is 5.91 Å². The van der Waals surface area contributed by atoms with Crippen LogP contribution < -0.4 is 15.0 Å². The Balaban J connectivity index is 1.65. The summed E-state index contributed by atoms with van der Waals surface area (Å²) in [5.74, 6) is 0.900. The van der Waals surface area contributed by atoms with Gasteiger partial charge in [-0.05, 0) is 49.2 Å². The second-order valence-corrected chi connectivity index (χ2v) is 7.32. The molecule has 5 nitrogen and oxygen atoms in total. The molecule has 28 heavy (non-hydrogen) atoms. The van der Waals surface area contributed by atoms with E-state index in [4.69, 9.17) is 4.74 Å². The number of nitrogens with zero attached hydrogens (tertiary/aromatic N) is 2. The summed E-state index contributed by atoms with van der Waals surface area (Å²) in [6.45, 7) is 6.43. The Labute approximate surface area is 168 Å². The van der Waals surface area contributed by atoms with Gasteiger partial charge in [-0.3, -0.25) is 4.79 Å². The van der Waals surface area contributed by atoms with Crippen molar-refractivity contribution in [1.29, 1.82) is 0 Å². The fraction of sp³-hybridized carbons (Fsp3) is 0.435. The lowest BCUT2D eigenvalue weighted by atomic mass is 10.1. The Morgan fingerprint density at radius 2 is 1.79 bits per heavy atom. The van der Waals surface area contributed by atoms with E-state index in [1.807, 2.05) is 42.5 Å². The molecule has 0 spiro atoms. The van der Waals surface area contributed by atoms with Gasteiger partial charge in [-0.2, -0.15) is 0 Å². The molecular weight excluding hydrogens is 350 g/mol. The van der Waals surface area contributed by atoms with E-state index in [1.54, 1.807) is 7.11 Å². The van der Waals surface area contributed by atoms with Crippen LogP contribution in [0.5, 0.6) is 5.75 Å². The van der Waals surface area contributed by atoms with Gasteiger partial charge in [0.05, 0.1) is 13.7 Å². The average Bonchev–Trinajstić information content (AvgIpc) is 2.74. The molecule has 1 amide bonds. The summed E-state index contributed by atoms with van der Waals surface area (Å²) in [4.78, 5) is 17.3. The minimum Gasteiger partial charge on any atom is -0.497 e. The largest absolute Gasteiger partial charge is 0.497 e. The van der Waals surface area contributed by atoms with E-state index in [-0.39, 0.29) is 11.9 Å². The van der Waals surface area contributed by atoms with Gasteiger partial charge in [0.1, 0.15) is 5.75 Å². The number of piperidine rings is 1. The summed E-state index contributed by atoms with van der Waals surface area (Å²) in [5, 5.41) is 3.24. The van der Waals surface area contributed by atoms with Crippen molar-refractivity contribution in [1.82, 2.24) is 10.2 Å². The van der Waals surface area contributed by atoms with E-state index < -0.39 is 0 Å². The molecule has 0 atom stereocenters. The van der Waals surface area contributed by atoms with Crippen LogP contribution in [-0.4, -0.2) is 50.1 Å². The first kappa shape index (κ1) is 20.2. The molecule has 1 N–H and O–H groups in total. The van der Waals surface area contributed by atoms with Crippen LogP contribution in [0, 0.1) is 0 Å². The molecule has 0 aliphatic carbocycles. The molecule has 3 rings (SSSR count). The third-order valence-corrected chi connectivity index (χ3v) is 5.39. The Morgan fingerprint density at radius 1 is 1.11 bits per heavy atom. The van der Waals surface area contributed by atoms with Crippen LogP contribution in [-0.2, 0) is 11.3 Å². The minimum atomic E-state index is 0.0849. The first-order chi connectivity index (χ1) is 13.7. The van der Waals surface area contributed by atoms with Gasteiger partial charge in [0.25, 0.3) is 0 Å². The van der Waals surface area contributed by atoms with Crippen molar-refractivity contribution < 1.29 is 9.53 Å². The minimum absolute atomic E-state index is 0.0849. The summed E-state index contributed by atoms with van der Waals surface area (Å²) in [7, 11) is 1.66. The highest BCUT2D eigenvalue weighted by atomic mass is 16.5. The highest BCUT2D eigenvalue weighted by Crippen LogP contribution is 2.21. The van der Waals surface area contributed by atoms with Crippen LogP contribution in [0.3, 0.4) is 0 Å². The van der Waals surface area contributed by atoms with Crippen molar-refractivity contribution in [3.63, 3.8) is 0 Å². The van der Waals surface area contributed by atoms with Crippen LogP contribution in [0.25, 0.3) is 0 Å². The molecule has 2 aromatic carbocycles. The lowest BCUT2D eigenvalue weighted by Crippen LogP contribution is -2.47.